The average Bonchev–Trinajstić information content (AvgIpc) is 3.40. The van der Waals surface area contributed by atoms with Crippen molar-refractivity contribution in [3.05, 3.63) is 82.0 Å². The van der Waals surface area contributed by atoms with Crippen LogP contribution >= 0.6 is 23.5 Å². The van der Waals surface area contributed by atoms with Crippen molar-refractivity contribution < 1.29 is 4.39 Å². The molecule has 30 heavy (non-hydrogen) atoms. The molecule has 1 aromatic heterocycles. The molecule has 5 rings (SSSR count). The predicted octanol–water partition coefficient (Wildman–Crippen LogP) is 5.27. The molecule has 0 fully saturated rings. The fourth-order valence-corrected chi connectivity index (χ4v) is 5.67. The number of hydrogen-bond acceptors (Lipinski definition) is 6. The van der Waals surface area contributed by atoms with Crippen LogP contribution in [0.2, 0.25) is 0 Å². The zero-order chi connectivity index (χ0) is 20.7. The summed E-state index contributed by atoms with van der Waals surface area (Å²) < 4.78 is 15.4. The van der Waals surface area contributed by atoms with E-state index in [1.165, 1.54) is 23.9 Å². The van der Waals surface area contributed by atoms with E-state index in [1.54, 1.807) is 23.9 Å². The van der Waals surface area contributed by atoms with Gasteiger partial charge in [0.1, 0.15) is 28.3 Å². The highest BCUT2D eigenvalue weighted by molar-refractivity contribution is 8.06. The molecule has 3 aromatic rings. The molecule has 2 aliphatic heterocycles. The number of nitriles is 1. The lowest BCUT2D eigenvalue weighted by Gasteiger charge is -2.23. The summed E-state index contributed by atoms with van der Waals surface area (Å²) in [5, 5.41) is 21.7. The fourth-order valence-electron chi connectivity index (χ4n) is 3.63. The number of allylic oxidation sites excluding steroid dienone is 1. The van der Waals surface area contributed by atoms with Crippen LogP contribution in [0.15, 0.2) is 63.9 Å². The van der Waals surface area contributed by atoms with Crippen LogP contribution in [-0.2, 0) is 5.75 Å². The Morgan fingerprint density at radius 2 is 1.97 bits per heavy atom. The second-order valence-electron chi connectivity index (χ2n) is 6.70. The van der Waals surface area contributed by atoms with E-state index in [4.69, 9.17) is 0 Å². The van der Waals surface area contributed by atoms with Gasteiger partial charge in [0.15, 0.2) is 5.82 Å². The number of thioether (sulfide) groups is 2. The van der Waals surface area contributed by atoms with Crippen molar-refractivity contribution >= 4 is 34.8 Å². The topological polar surface area (TPSA) is 57.7 Å². The number of halogens is 1. The van der Waals surface area contributed by atoms with E-state index in [9.17, 15) is 9.65 Å². The monoisotopic (exact) mass is 433 g/mol. The first kappa shape index (κ1) is 19.0. The third-order valence-corrected chi connectivity index (χ3v) is 7.06. The Kier molecular flexibility index (Phi) is 4.85. The number of rotatable bonds is 3. The Bertz CT molecular complexity index is 1240. The second-order valence-corrected chi connectivity index (χ2v) is 8.57. The molecule has 0 saturated carbocycles. The van der Waals surface area contributed by atoms with Gasteiger partial charge in [0.2, 0.25) is 0 Å². The lowest BCUT2D eigenvalue weighted by molar-refractivity contribution is 0.557. The molecule has 0 N–H and O–H groups in total. The van der Waals surface area contributed by atoms with Crippen LogP contribution in [0, 0.1) is 17.1 Å². The van der Waals surface area contributed by atoms with Crippen LogP contribution in [0.25, 0.3) is 17.0 Å². The molecule has 2 aliphatic rings. The van der Waals surface area contributed by atoms with Crippen molar-refractivity contribution in [1.82, 2.24) is 19.7 Å². The molecule has 3 heterocycles. The first-order valence-electron chi connectivity index (χ1n) is 9.42. The van der Waals surface area contributed by atoms with Gasteiger partial charge < -0.3 is 4.90 Å². The third-order valence-electron chi connectivity index (χ3n) is 5.02. The summed E-state index contributed by atoms with van der Waals surface area (Å²) in [6.45, 7) is 2.70. The number of aromatic nitrogens is 3. The van der Waals surface area contributed by atoms with Gasteiger partial charge >= 0.3 is 0 Å². The molecule has 0 saturated heterocycles. The molecule has 0 bridgehead atoms. The van der Waals surface area contributed by atoms with Crippen molar-refractivity contribution in [2.75, 3.05) is 6.54 Å². The Labute approximate surface area is 181 Å². The standard InChI is InChI=1S/C22H16FN5S2/c1-2-27-18(14-7-9-15(23)10-8-14)12-30-22(27)16(11-24)21-26-25-20-13-29-19-6-4-3-5-17(19)28(20)21/h3-10,12H,2,13H2,1H3/b22-16+. The van der Waals surface area contributed by atoms with Crippen LogP contribution in [0.1, 0.15) is 24.1 Å². The number of fused-ring (bicyclic) bond motifs is 3. The van der Waals surface area contributed by atoms with E-state index in [2.05, 4.69) is 27.2 Å². The molecule has 8 heteroatoms. The third kappa shape index (κ3) is 3.02. The minimum atomic E-state index is -0.270. The van der Waals surface area contributed by atoms with Crippen LogP contribution in [0.4, 0.5) is 4.39 Å². The van der Waals surface area contributed by atoms with E-state index in [0.29, 0.717) is 23.7 Å². The van der Waals surface area contributed by atoms with Gasteiger partial charge in [0.05, 0.1) is 17.1 Å². The number of benzene rings is 2. The molecule has 5 nitrogen and oxygen atoms in total. The summed E-state index contributed by atoms with van der Waals surface area (Å²) in [5.74, 6) is 1.82. The zero-order valence-corrected chi connectivity index (χ0v) is 17.7. The highest BCUT2D eigenvalue weighted by Gasteiger charge is 2.30. The SMILES string of the molecule is CCN1C(c2ccc(F)cc2)=CS/C1=C(\C#N)c1nnc2n1-c1ccccc1SC2. The zero-order valence-electron chi connectivity index (χ0n) is 16.0. The first-order chi connectivity index (χ1) is 14.7. The van der Waals surface area contributed by atoms with Gasteiger partial charge in [0, 0.05) is 16.8 Å². The summed E-state index contributed by atoms with van der Waals surface area (Å²) >= 11 is 3.21. The molecule has 0 amide bonds. The lowest BCUT2D eigenvalue weighted by Crippen LogP contribution is -2.18. The lowest BCUT2D eigenvalue weighted by atomic mass is 10.1. The molecule has 0 spiro atoms. The minimum absolute atomic E-state index is 0.270. The van der Waals surface area contributed by atoms with Crippen molar-refractivity contribution in [1.29, 1.82) is 5.26 Å². The summed E-state index contributed by atoms with van der Waals surface area (Å²) in [6.07, 6.45) is 0. The van der Waals surface area contributed by atoms with Crippen molar-refractivity contribution in [3.8, 4) is 11.8 Å². The van der Waals surface area contributed by atoms with Crippen LogP contribution < -0.4 is 0 Å². The predicted molar refractivity (Wildman–Crippen MR) is 118 cm³/mol. The molecule has 0 atom stereocenters. The number of hydrogen-bond donors (Lipinski definition) is 0. The van der Waals surface area contributed by atoms with E-state index >= 15 is 0 Å². The van der Waals surface area contributed by atoms with Gasteiger partial charge in [-0.1, -0.05) is 23.9 Å². The summed E-state index contributed by atoms with van der Waals surface area (Å²) in [6, 6.07) is 16.9. The Morgan fingerprint density at radius 1 is 1.17 bits per heavy atom. The normalized spacial score (nSPS) is 16.6. The summed E-state index contributed by atoms with van der Waals surface area (Å²) in [7, 11) is 0. The van der Waals surface area contributed by atoms with E-state index < -0.39 is 0 Å². The highest BCUT2D eigenvalue weighted by atomic mass is 32.2. The maximum absolute atomic E-state index is 13.4. The summed E-state index contributed by atoms with van der Waals surface area (Å²) in [5.41, 5.74) is 3.33. The van der Waals surface area contributed by atoms with Gasteiger partial charge in [-0.2, -0.15) is 5.26 Å². The molecular formula is C22H16FN5S2. The van der Waals surface area contributed by atoms with E-state index in [-0.39, 0.29) is 5.82 Å². The molecule has 0 aliphatic carbocycles. The quantitative estimate of drug-likeness (QED) is 0.525. The van der Waals surface area contributed by atoms with E-state index in [0.717, 1.165) is 32.7 Å². The Balaban J connectivity index is 1.62. The average molecular weight is 434 g/mol. The van der Waals surface area contributed by atoms with Gasteiger partial charge in [-0.05, 0) is 48.9 Å². The first-order valence-corrected chi connectivity index (χ1v) is 11.3. The van der Waals surface area contributed by atoms with Crippen molar-refractivity contribution in [2.45, 2.75) is 17.6 Å². The highest BCUT2D eigenvalue weighted by Crippen LogP contribution is 2.44. The summed E-state index contributed by atoms with van der Waals surface area (Å²) in [4.78, 5) is 3.21. The largest absolute Gasteiger partial charge is 0.334 e. The van der Waals surface area contributed by atoms with E-state index in [1.807, 2.05) is 35.1 Å². The Hall–Kier alpha value is -3.02. The van der Waals surface area contributed by atoms with Crippen LogP contribution in [0.5, 0.6) is 0 Å². The van der Waals surface area contributed by atoms with Crippen molar-refractivity contribution in [2.24, 2.45) is 0 Å². The number of nitrogens with zero attached hydrogens (tertiary/aromatic N) is 5. The van der Waals surface area contributed by atoms with Gasteiger partial charge in [-0.25, -0.2) is 4.39 Å². The van der Waals surface area contributed by atoms with Crippen LogP contribution in [-0.4, -0.2) is 26.2 Å². The molecule has 0 unspecified atom stereocenters. The maximum atomic E-state index is 13.4. The van der Waals surface area contributed by atoms with Crippen LogP contribution in [0.3, 0.4) is 0 Å². The molecule has 0 radical (unpaired) electrons. The molecule has 2 aromatic carbocycles. The van der Waals surface area contributed by atoms with Crippen molar-refractivity contribution in [3.63, 3.8) is 0 Å². The number of para-hydroxylation sites is 1. The second kappa shape index (κ2) is 7.67. The van der Waals surface area contributed by atoms with Gasteiger partial charge in [-0.3, -0.25) is 4.57 Å². The smallest absolute Gasteiger partial charge is 0.182 e. The Morgan fingerprint density at radius 3 is 2.73 bits per heavy atom. The molecular weight excluding hydrogens is 417 g/mol. The fraction of sp³-hybridized carbons (Fsp3) is 0.136. The van der Waals surface area contributed by atoms with Gasteiger partial charge in [0.25, 0.3) is 0 Å². The maximum Gasteiger partial charge on any atom is 0.182 e. The van der Waals surface area contributed by atoms with Gasteiger partial charge in [-0.15, -0.1) is 22.0 Å². The molecule has 148 valence electrons. The minimum Gasteiger partial charge on any atom is -0.334 e.